The summed E-state index contributed by atoms with van der Waals surface area (Å²) >= 11 is 0. The summed E-state index contributed by atoms with van der Waals surface area (Å²) in [4.78, 5) is 0. The molecule has 0 saturated carbocycles. The van der Waals surface area contributed by atoms with Gasteiger partial charge in [-0.25, -0.2) is 0 Å². The first kappa shape index (κ1) is 6.58. The van der Waals surface area contributed by atoms with Crippen LogP contribution in [0.15, 0.2) is 0 Å². The molecule has 1 atom stereocenters. The lowest BCUT2D eigenvalue weighted by Gasteiger charge is -2.37. The number of rotatable bonds is 1. The third-order valence-electron chi connectivity index (χ3n) is 2.55. The van der Waals surface area contributed by atoms with E-state index in [1.54, 1.807) is 0 Å². The molecule has 3 heteroatoms. The van der Waals surface area contributed by atoms with E-state index in [1.807, 2.05) is 0 Å². The fourth-order valence-corrected chi connectivity index (χ4v) is 1.77. The van der Waals surface area contributed by atoms with Crippen molar-refractivity contribution >= 4 is 0 Å². The Morgan fingerprint density at radius 1 is 1.60 bits per heavy atom. The van der Waals surface area contributed by atoms with Crippen LogP contribution in [0, 0.1) is 5.41 Å². The highest BCUT2D eigenvalue weighted by molar-refractivity contribution is 4.97. The minimum Gasteiger partial charge on any atom is -0.376 e. The maximum absolute atomic E-state index is 5.49. The van der Waals surface area contributed by atoms with E-state index in [1.165, 1.54) is 0 Å². The predicted octanol–water partition coefficient (Wildman–Crippen LogP) is -0.676. The minimum absolute atomic E-state index is 0.335. The molecule has 0 bridgehead atoms. The van der Waals surface area contributed by atoms with E-state index in [2.05, 4.69) is 5.32 Å². The van der Waals surface area contributed by atoms with Gasteiger partial charge in [-0.3, -0.25) is 0 Å². The molecule has 2 saturated heterocycles. The average Bonchev–Trinajstić information content (AvgIpc) is 2.29. The van der Waals surface area contributed by atoms with Crippen LogP contribution in [0.3, 0.4) is 0 Å². The number of ether oxygens (including phenoxy) is 1. The van der Waals surface area contributed by atoms with Gasteiger partial charge in [0.15, 0.2) is 0 Å². The largest absolute Gasteiger partial charge is 0.376 e. The van der Waals surface area contributed by atoms with Gasteiger partial charge in [0.05, 0.1) is 12.7 Å². The van der Waals surface area contributed by atoms with E-state index in [0.717, 1.165) is 26.1 Å². The van der Waals surface area contributed by atoms with E-state index in [4.69, 9.17) is 10.5 Å². The van der Waals surface area contributed by atoms with Crippen molar-refractivity contribution in [2.75, 3.05) is 26.2 Å². The van der Waals surface area contributed by atoms with E-state index in [-0.39, 0.29) is 0 Å². The molecule has 3 nitrogen and oxygen atoms in total. The standard InChI is InChI=1S/C7H14N2O/c8-2-6-1-7(5-10-6)3-9-4-7/h6,9H,1-5,8H2. The van der Waals surface area contributed by atoms with Crippen molar-refractivity contribution in [3.63, 3.8) is 0 Å². The molecule has 58 valence electrons. The molecule has 2 rings (SSSR count). The fraction of sp³-hybridized carbons (Fsp3) is 1.00. The molecule has 10 heavy (non-hydrogen) atoms. The SMILES string of the molecule is NCC1CC2(CNC2)CO1. The highest BCUT2D eigenvalue weighted by Gasteiger charge is 2.44. The monoisotopic (exact) mass is 142 g/mol. The topological polar surface area (TPSA) is 47.3 Å². The third-order valence-corrected chi connectivity index (χ3v) is 2.55. The molecule has 2 fully saturated rings. The number of nitrogens with one attached hydrogen (secondary N) is 1. The van der Waals surface area contributed by atoms with Crippen LogP contribution in [-0.4, -0.2) is 32.3 Å². The molecule has 2 heterocycles. The molecular weight excluding hydrogens is 128 g/mol. The zero-order chi connectivity index (χ0) is 7.03. The summed E-state index contributed by atoms with van der Waals surface area (Å²) in [5.74, 6) is 0. The van der Waals surface area contributed by atoms with Crippen LogP contribution in [0.2, 0.25) is 0 Å². The summed E-state index contributed by atoms with van der Waals surface area (Å²) in [6, 6.07) is 0. The third kappa shape index (κ3) is 0.856. The first-order chi connectivity index (χ1) is 4.85. The lowest BCUT2D eigenvalue weighted by Crippen LogP contribution is -2.54. The molecule has 1 spiro atoms. The highest BCUT2D eigenvalue weighted by atomic mass is 16.5. The Balaban J connectivity index is 1.92. The van der Waals surface area contributed by atoms with E-state index in [0.29, 0.717) is 18.1 Å². The maximum Gasteiger partial charge on any atom is 0.0704 e. The van der Waals surface area contributed by atoms with Crippen molar-refractivity contribution < 1.29 is 4.74 Å². The second kappa shape index (κ2) is 2.19. The Hall–Kier alpha value is -0.120. The van der Waals surface area contributed by atoms with Crippen LogP contribution in [0.25, 0.3) is 0 Å². The van der Waals surface area contributed by atoms with Crippen molar-refractivity contribution in [3.8, 4) is 0 Å². The van der Waals surface area contributed by atoms with Crippen LogP contribution in [0.1, 0.15) is 6.42 Å². The highest BCUT2D eigenvalue weighted by Crippen LogP contribution is 2.35. The van der Waals surface area contributed by atoms with Crippen molar-refractivity contribution in [1.29, 1.82) is 0 Å². The van der Waals surface area contributed by atoms with E-state index >= 15 is 0 Å². The molecule has 0 aromatic heterocycles. The van der Waals surface area contributed by atoms with Crippen molar-refractivity contribution in [2.45, 2.75) is 12.5 Å². The van der Waals surface area contributed by atoms with Gasteiger partial charge in [0.25, 0.3) is 0 Å². The van der Waals surface area contributed by atoms with Gasteiger partial charge in [-0.2, -0.15) is 0 Å². The Morgan fingerprint density at radius 3 is 2.70 bits per heavy atom. The van der Waals surface area contributed by atoms with Gasteiger partial charge in [0.1, 0.15) is 0 Å². The van der Waals surface area contributed by atoms with Gasteiger partial charge in [-0.15, -0.1) is 0 Å². The van der Waals surface area contributed by atoms with Crippen molar-refractivity contribution in [2.24, 2.45) is 11.1 Å². The van der Waals surface area contributed by atoms with Crippen LogP contribution in [0.4, 0.5) is 0 Å². The summed E-state index contributed by atoms with van der Waals surface area (Å²) < 4.78 is 5.49. The number of nitrogens with two attached hydrogens (primary N) is 1. The molecule has 0 aliphatic carbocycles. The molecule has 0 amide bonds. The van der Waals surface area contributed by atoms with Crippen LogP contribution >= 0.6 is 0 Å². The lowest BCUT2D eigenvalue weighted by molar-refractivity contribution is 0.0830. The fourth-order valence-electron chi connectivity index (χ4n) is 1.77. The number of hydrogen-bond donors (Lipinski definition) is 2. The molecule has 2 aliphatic heterocycles. The Bertz CT molecular complexity index is 134. The summed E-state index contributed by atoms with van der Waals surface area (Å²) in [5, 5.41) is 3.27. The smallest absolute Gasteiger partial charge is 0.0704 e. The maximum atomic E-state index is 5.49. The average molecular weight is 142 g/mol. The molecule has 2 aliphatic rings. The molecule has 1 unspecified atom stereocenters. The normalized spacial score (nSPS) is 36.3. The van der Waals surface area contributed by atoms with Gasteiger partial charge in [-0.05, 0) is 6.42 Å². The lowest BCUT2D eigenvalue weighted by atomic mass is 9.80. The Morgan fingerprint density at radius 2 is 2.40 bits per heavy atom. The molecule has 3 N–H and O–H groups in total. The minimum atomic E-state index is 0.335. The summed E-state index contributed by atoms with van der Waals surface area (Å²) in [5.41, 5.74) is 5.96. The summed E-state index contributed by atoms with van der Waals surface area (Å²) in [6.07, 6.45) is 1.50. The molecule has 0 radical (unpaired) electrons. The zero-order valence-electron chi connectivity index (χ0n) is 6.10. The van der Waals surface area contributed by atoms with Gasteiger partial charge in [0, 0.05) is 25.0 Å². The summed E-state index contributed by atoms with van der Waals surface area (Å²) in [6.45, 7) is 3.86. The molecule has 0 aromatic rings. The van der Waals surface area contributed by atoms with Gasteiger partial charge in [0.2, 0.25) is 0 Å². The Labute approximate surface area is 60.9 Å². The van der Waals surface area contributed by atoms with Crippen molar-refractivity contribution in [3.05, 3.63) is 0 Å². The first-order valence-electron chi connectivity index (χ1n) is 3.87. The first-order valence-corrected chi connectivity index (χ1v) is 3.87. The van der Waals surface area contributed by atoms with Crippen LogP contribution in [-0.2, 0) is 4.74 Å². The second-order valence-corrected chi connectivity index (χ2v) is 3.48. The van der Waals surface area contributed by atoms with Crippen LogP contribution in [0.5, 0.6) is 0 Å². The van der Waals surface area contributed by atoms with Crippen molar-refractivity contribution in [1.82, 2.24) is 5.32 Å². The zero-order valence-corrected chi connectivity index (χ0v) is 6.10. The van der Waals surface area contributed by atoms with E-state index < -0.39 is 0 Å². The predicted molar refractivity (Wildman–Crippen MR) is 38.7 cm³/mol. The van der Waals surface area contributed by atoms with E-state index in [9.17, 15) is 0 Å². The quantitative estimate of drug-likeness (QED) is 0.510. The Kier molecular flexibility index (Phi) is 1.44. The van der Waals surface area contributed by atoms with Crippen LogP contribution < -0.4 is 11.1 Å². The number of hydrogen-bond acceptors (Lipinski definition) is 3. The summed E-state index contributed by atoms with van der Waals surface area (Å²) in [7, 11) is 0. The molecule has 0 aromatic carbocycles. The van der Waals surface area contributed by atoms with Gasteiger partial charge >= 0.3 is 0 Å². The van der Waals surface area contributed by atoms with Gasteiger partial charge in [-0.1, -0.05) is 0 Å². The molecular formula is C7H14N2O. The van der Waals surface area contributed by atoms with Gasteiger partial charge < -0.3 is 15.8 Å². The second-order valence-electron chi connectivity index (χ2n) is 3.48.